The Bertz CT molecular complexity index is 1220. The van der Waals surface area contributed by atoms with Crippen LogP contribution in [0.5, 0.6) is 17.2 Å². The van der Waals surface area contributed by atoms with Gasteiger partial charge >= 0.3 is 6.09 Å². The Morgan fingerprint density at radius 1 is 1.05 bits per heavy atom. The fraction of sp³-hybridized carbons (Fsp3) is 0.562. The largest absolute Gasteiger partial charge is 0.491 e. The molecule has 4 rings (SSSR count). The lowest BCUT2D eigenvalue weighted by Crippen LogP contribution is -2.57. The van der Waals surface area contributed by atoms with E-state index in [2.05, 4.69) is 0 Å². The average Bonchev–Trinajstić information content (AvgIpc) is 3.82. The molecule has 1 saturated carbocycles. The second-order valence-corrected chi connectivity index (χ2v) is 12.2. The van der Waals surface area contributed by atoms with Gasteiger partial charge in [0.2, 0.25) is 0 Å². The van der Waals surface area contributed by atoms with Gasteiger partial charge in [0.25, 0.3) is 5.91 Å². The molecule has 1 aliphatic heterocycles. The van der Waals surface area contributed by atoms with Gasteiger partial charge in [0, 0.05) is 32.7 Å². The van der Waals surface area contributed by atoms with Crippen molar-refractivity contribution in [2.24, 2.45) is 0 Å². The van der Waals surface area contributed by atoms with E-state index in [9.17, 15) is 9.59 Å². The SMILES string of the molecule is COCCCOc1cc(CN(C(=O)[C@H]2CN(C(=O)OC(C)(C)C)C[C@@H](COc3ccccc3)O2)C2CC2)cc(Cl)c1OC. The van der Waals surface area contributed by atoms with E-state index >= 15 is 0 Å². The summed E-state index contributed by atoms with van der Waals surface area (Å²) in [6, 6.07) is 13.1. The van der Waals surface area contributed by atoms with Crippen molar-refractivity contribution in [1.29, 1.82) is 0 Å². The van der Waals surface area contributed by atoms with Gasteiger partial charge in [-0.25, -0.2) is 4.79 Å². The minimum atomic E-state index is -0.885. The van der Waals surface area contributed by atoms with Gasteiger partial charge in [0.15, 0.2) is 17.6 Å². The molecule has 11 heteroatoms. The van der Waals surface area contributed by atoms with Crippen molar-refractivity contribution in [1.82, 2.24) is 9.80 Å². The second-order valence-electron chi connectivity index (χ2n) is 11.8. The molecular formula is C32H43ClN2O8. The van der Waals surface area contributed by atoms with E-state index in [0.717, 1.165) is 18.4 Å². The predicted molar refractivity (Wildman–Crippen MR) is 162 cm³/mol. The van der Waals surface area contributed by atoms with E-state index in [1.165, 1.54) is 12.0 Å². The molecule has 2 aliphatic rings. The number of para-hydroxylation sites is 1. The molecule has 0 unspecified atom stereocenters. The van der Waals surface area contributed by atoms with Gasteiger partial charge in [-0.1, -0.05) is 29.8 Å². The van der Waals surface area contributed by atoms with Gasteiger partial charge in [-0.2, -0.15) is 0 Å². The maximum Gasteiger partial charge on any atom is 0.410 e. The summed E-state index contributed by atoms with van der Waals surface area (Å²) in [4.78, 5) is 30.5. The summed E-state index contributed by atoms with van der Waals surface area (Å²) in [5.41, 5.74) is 0.124. The van der Waals surface area contributed by atoms with E-state index in [4.69, 9.17) is 40.0 Å². The van der Waals surface area contributed by atoms with Gasteiger partial charge in [-0.05, 0) is 63.4 Å². The molecule has 2 fully saturated rings. The Kier molecular flexibility index (Phi) is 11.4. The highest BCUT2D eigenvalue weighted by atomic mass is 35.5. The minimum Gasteiger partial charge on any atom is -0.491 e. The summed E-state index contributed by atoms with van der Waals surface area (Å²) in [6.45, 7) is 7.24. The number of amides is 2. The second kappa shape index (κ2) is 15.0. The molecule has 0 aromatic heterocycles. The average molecular weight is 619 g/mol. The Morgan fingerprint density at radius 2 is 1.79 bits per heavy atom. The van der Waals surface area contributed by atoms with Gasteiger partial charge in [0.05, 0.1) is 31.8 Å². The fourth-order valence-electron chi connectivity index (χ4n) is 4.81. The van der Waals surface area contributed by atoms with Crippen molar-refractivity contribution in [3.05, 3.63) is 53.1 Å². The maximum atomic E-state index is 14.1. The first-order valence-electron chi connectivity index (χ1n) is 14.7. The van der Waals surface area contributed by atoms with Crippen molar-refractivity contribution in [2.75, 3.05) is 47.1 Å². The molecule has 236 valence electrons. The third-order valence-electron chi connectivity index (χ3n) is 6.92. The summed E-state index contributed by atoms with van der Waals surface area (Å²) in [6.07, 6.45) is 0.575. The highest BCUT2D eigenvalue weighted by Gasteiger charge is 2.42. The molecule has 43 heavy (non-hydrogen) atoms. The summed E-state index contributed by atoms with van der Waals surface area (Å²) >= 11 is 6.56. The zero-order chi connectivity index (χ0) is 31.0. The standard InChI is InChI=1S/C32H43ClN2O8/c1-32(2,3)43-31(37)34-19-25(21-41-24-10-7-6-8-11-24)42-28(20-34)30(36)35(23-12-13-23)18-22-16-26(33)29(39-5)27(17-22)40-15-9-14-38-4/h6-8,10-11,16-17,23,25,28H,9,12-15,18-21H2,1-5H3/t25-,28+/m0/s1. The summed E-state index contributed by atoms with van der Waals surface area (Å²) in [7, 11) is 3.18. The number of hydrogen-bond acceptors (Lipinski definition) is 8. The van der Waals surface area contributed by atoms with Crippen LogP contribution in [0.2, 0.25) is 5.02 Å². The smallest absolute Gasteiger partial charge is 0.410 e. The van der Waals surface area contributed by atoms with Crippen LogP contribution in [0.25, 0.3) is 0 Å². The molecule has 1 heterocycles. The number of morpholine rings is 1. The minimum absolute atomic E-state index is 0.0685. The van der Waals surface area contributed by atoms with E-state index in [1.54, 1.807) is 13.2 Å². The molecule has 10 nitrogen and oxygen atoms in total. The van der Waals surface area contributed by atoms with Crippen LogP contribution < -0.4 is 14.2 Å². The van der Waals surface area contributed by atoms with E-state index < -0.39 is 23.9 Å². The van der Waals surface area contributed by atoms with Crippen LogP contribution in [0.15, 0.2) is 42.5 Å². The number of ether oxygens (including phenoxy) is 6. The van der Waals surface area contributed by atoms with Crippen LogP contribution >= 0.6 is 11.6 Å². The Hall–Kier alpha value is -3.21. The van der Waals surface area contributed by atoms with Crippen LogP contribution in [0.4, 0.5) is 4.79 Å². The van der Waals surface area contributed by atoms with Gasteiger partial charge in [-0.3, -0.25) is 4.79 Å². The Morgan fingerprint density at radius 3 is 2.44 bits per heavy atom. The number of nitrogens with zero attached hydrogens (tertiary/aromatic N) is 2. The van der Waals surface area contributed by atoms with Crippen molar-refractivity contribution >= 4 is 23.6 Å². The number of methoxy groups -OCH3 is 2. The summed E-state index contributed by atoms with van der Waals surface area (Å²) in [5, 5.41) is 0.396. The van der Waals surface area contributed by atoms with Crippen molar-refractivity contribution in [3.8, 4) is 17.2 Å². The molecule has 2 amide bonds. The fourth-order valence-corrected chi connectivity index (χ4v) is 5.12. The monoisotopic (exact) mass is 618 g/mol. The molecule has 0 radical (unpaired) electrons. The number of carbonyl (C=O) groups is 2. The zero-order valence-corrected chi connectivity index (χ0v) is 26.4. The summed E-state index contributed by atoms with van der Waals surface area (Å²) < 4.78 is 34.4. The van der Waals surface area contributed by atoms with Crippen LogP contribution in [0.3, 0.4) is 0 Å². The van der Waals surface area contributed by atoms with Crippen molar-refractivity contribution in [2.45, 2.75) is 70.4 Å². The lowest BCUT2D eigenvalue weighted by molar-refractivity contribution is -0.160. The number of carbonyl (C=O) groups excluding carboxylic acids is 2. The van der Waals surface area contributed by atoms with Crippen LogP contribution in [0.1, 0.15) is 45.6 Å². The van der Waals surface area contributed by atoms with Gasteiger partial charge < -0.3 is 38.2 Å². The first-order valence-corrected chi connectivity index (χ1v) is 15.1. The lowest BCUT2D eigenvalue weighted by Gasteiger charge is -2.39. The van der Waals surface area contributed by atoms with E-state index in [-0.39, 0.29) is 31.6 Å². The highest BCUT2D eigenvalue weighted by molar-refractivity contribution is 6.32. The Balaban J connectivity index is 1.52. The van der Waals surface area contributed by atoms with E-state index in [1.807, 2.05) is 62.1 Å². The molecule has 0 spiro atoms. The van der Waals surface area contributed by atoms with Crippen LogP contribution in [-0.2, 0) is 25.5 Å². The van der Waals surface area contributed by atoms with Gasteiger partial charge in [-0.15, -0.1) is 0 Å². The molecule has 0 bridgehead atoms. The summed E-state index contributed by atoms with van der Waals surface area (Å²) in [5.74, 6) is 1.43. The molecule has 0 N–H and O–H groups in total. The number of hydrogen-bond donors (Lipinski definition) is 0. The highest BCUT2D eigenvalue weighted by Crippen LogP contribution is 2.38. The predicted octanol–water partition coefficient (Wildman–Crippen LogP) is 5.34. The number of benzene rings is 2. The quantitative estimate of drug-likeness (QED) is 0.278. The van der Waals surface area contributed by atoms with Crippen molar-refractivity contribution < 1.29 is 38.0 Å². The first kappa shape index (κ1) is 32.7. The zero-order valence-electron chi connectivity index (χ0n) is 25.7. The topological polar surface area (TPSA) is 96.0 Å². The third kappa shape index (κ3) is 9.64. The normalized spacial score (nSPS) is 18.6. The molecule has 2 aromatic rings. The molecule has 1 aliphatic carbocycles. The van der Waals surface area contributed by atoms with Gasteiger partial charge in [0.1, 0.15) is 24.1 Å². The van der Waals surface area contributed by atoms with E-state index in [0.29, 0.717) is 48.5 Å². The molecule has 2 aromatic carbocycles. The lowest BCUT2D eigenvalue weighted by atomic mass is 10.1. The third-order valence-corrected chi connectivity index (χ3v) is 7.20. The molecule has 2 atom stereocenters. The van der Waals surface area contributed by atoms with Crippen LogP contribution in [-0.4, -0.2) is 92.8 Å². The van der Waals surface area contributed by atoms with Crippen LogP contribution in [0, 0.1) is 0 Å². The van der Waals surface area contributed by atoms with Crippen molar-refractivity contribution in [3.63, 3.8) is 0 Å². The Labute approximate surface area is 259 Å². The maximum absolute atomic E-state index is 14.1. The first-order chi connectivity index (χ1) is 20.6. The molecule has 1 saturated heterocycles. The molecular weight excluding hydrogens is 576 g/mol. The number of rotatable bonds is 13. The number of halogens is 1.